The van der Waals surface area contributed by atoms with Crippen molar-refractivity contribution >= 4 is 17.8 Å². The minimum atomic E-state index is -0.762. The number of carbonyl (C=O) groups is 3. The van der Waals surface area contributed by atoms with E-state index in [4.69, 9.17) is 0 Å². The summed E-state index contributed by atoms with van der Waals surface area (Å²) in [6.45, 7) is 1.07. The van der Waals surface area contributed by atoms with Crippen LogP contribution in [0.4, 0.5) is 4.79 Å². The van der Waals surface area contributed by atoms with Gasteiger partial charge in [0.25, 0.3) is 5.91 Å². The van der Waals surface area contributed by atoms with E-state index in [0.29, 0.717) is 25.9 Å². The van der Waals surface area contributed by atoms with Gasteiger partial charge in [-0.25, -0.2) is 4.79 Å². The van der Waals surface area contributed by atoms with Crippen LogP contribution < -0.4 is 0 Å². The van der Waals surface area contributed by atoms with E-state index in [0.717, 1.165) is 19.3 Å². The van der Waals surface area contributed by atoms with Gasteiger partial charge in [-0.15, -0.1) is 0 Å². The van der Waals surface area contributed by atoms with Gasteiger partial charge in [-0.1, -0.05) is 24.3 Å². The van der Waals surface area contributed by atoms with Crippen molar-refractivity contribution in [3.8, 4) is 0 Å². The Morgan fingerprint density at radius 1 is 1.08 bits per heavy atom. The lowest BCUT2D eigenvalue weighted by molar-refractivity contribution is -0.142. The summed E-state index contributed by atoms with van der Waals surface area (Å²) in [5, 5.41) is 0. The fraction of sp³-hybridized carbons (Fsp3) is 0.550. The molecule has 1 aromatic carbocycles. The molecule has 2 saturated heterocycles. The third kappa shape index (κ3) is 2.42. The number of piperidine rings is 1. The number of likely N-dealkylation sites (N-methyl/N-ethyl adjacent to an activating group) is 2. The smallest absolute Gasteiger partial charge is 0.327 e. The van der Waals surface area contributed by atoms with E-state index in [9.17, 15) is 14.4 Å². The highest BCUT2D eigenvalue weighted by Crippen LogP contribution is 2.36. The van der Waals surface area contributed by atoms with E-state index < -0.39 is 5.54 Å². The van der Waals surface area contributed by atoms with Crippen molar-refractivity contribution in [1.82, 2.24) is 14.7 Å². The summed E-state index contributed by atoms with van der Waals surface area (Å²) in [4.78, 5) is 42.4. The predicted molar refractivity (Wildman–Crippen MR) is 96.4 cm³/mol. The standard InChI is InChI=1S/C20H25N3O3/c1-21-18(25)20(22(2)19(21)26)9-11-23(12-10-20)17(24)16-8-7-14-5-3-4-6-15(14)13-16/h3-6,16H,7-13H2,1-2H3. The number of nitrogens with zero attached hydrogens (tertiary/aromatic N) is 3. The monoisotopic (exact) mass is 355 g/mol. The molecular formula is C20H25N3O3. The molecule has 1 unspecified atom stereocenters. The summed E-state index contributed by atoms with van der Waals surface area (Å²) in [7, 11) is 3.23. The zero-order chi connectivity index (χ0) is 18.5. The first-order valence-electron chi connectivity index (χ1n) is 9.35. The van der Waals surface area contributed by atoms with Gasteiger partial charge in [0.15, 0.2) is 0 Å². The Kier molecular flexibility index (Phi) is 4.01. The lowest BCUT2D eigenvalue weighted by atomic mass is 9.81. The molecule has 2 fully saturated rings. The van der Waals surface area contributed by atoms with Crippen LogP contribution in [0.2, 0.25) is 0 Å². The molecule has 2 heterocycles. The lowest BCUT2D eigenvalue weighted by Crippen LogP contribution is -2.57. The average Bonchev–Trinajstić information content (AvgIpc) is 2.84. The van der Waals surface area contributed by atoms with Crippen LogP contribution in [0.3, 0.4) is 0 Å². The number of imide groups is 1. The van der Waals surface area contributed by atoms with Gasteiger partial charge in [0.1, 0.15) is 5.54 Å². The number of carbonyl (C=O) groups excluding carboxylic acids is 3. The molecule has 138 valence electrons. The molecule has 1 spiro atoms. The Labute approximate surface area is 153 Å². The molecule has 4 amide bonds. The van der Waals surface area contributed by atoms with Gasteiger partial charge in [-0.05, 0) is 43.2 Å². The highest BCUT2D eigenvalue weighted by atomic mass is 16.2. The Morgan fingerprint density at radius 3 is 2.35 bits per heavy atom. The summed E-state index contributed by atoms with van der Waals surface area (Å²) in [5.74, 6) is 0.0890. The van der Waals surface area contributed by atoms with Crippen molar-refractivity contribution in [3.05, 3.63) is 35.4 Å². The second-order valence-electron chi connectivity index (χ2n) is 7.77. The minimum Gasteiger partial charge on any atom is -0.342 e. The zero-order valence-corrected chi connectivity index (χ0v) is 15.4. The zero-order valence-electron chi connectivity index (χ0n) is 15.4. The number of fused-ring (bicyclic) bond motifs is 1. The molecule has 26 heavy (non-hydrogen) atoms. The summed E-state index contributed by atoms with van der Waals surface area (Å²) in [5.41, 5.74) is 1.87. The number of hydrogen-bond acceptors (Lipinski definition) is 3. The minimum absolute atomic E-state index is 0.0280. The van der Waals surface area contributed by atoms with E-state index >= 15 is 0 Å². The number of aryl methyl sites for hydroxylation is 1. The van der Waals surface area contributed by atoms with E-state index in [2.05, 4.69) is 18.2 Å². The van der Waals surface area contributed by atoms with Crippen LogP contribution in [0.5, 0.6) is 0 Å². The van der Waals surface area contributed by atoms with Gasteiger partial charge >= 0.3 is 6.03 Å². The molecule has 6 nitrogen and oxygen atoms in total. The first kappa shape index (κ1) is 17.1. The third-order valence-corrected chi connectivity index (χ3v) is 6.52. The number of benzene rings is 1. The molecule has 1 aliphatic carbocycles. The van der Waals surface area contributed by atoms with Crippen molar-refractivity contribution in [3.63, 3.8) is 0 Å². The fourth-order valence-corrected chi connectivity index (χ4v) is 4.76. The third-order valence-electron chi connectivity index (χ3n) is 6.52. The summed E-state index contributed by atoms with van der Waals surface area (Å²) in [6.07, 6.45) is 3.68. The molecule has 0 saturated carbocycles. The van der Waals surface area contributed by atoms with Crippen LogP contribution in [0.15, 0.2) is 24.3 Å². The maximum atomic E-state index is 13.0. The van der Waals surface area contributed by atoms with Crippen LogP contribution in [0.1, 0.15) is 30.4 Å². The van der Waals surface area contributed by atoms with E-state index in [-0.39, 0.29) is 23.8 Å². The number of amides is 4. The molecule has 0 N–H and O–H groups in total. The Hall–Kier alpha value is -2.37. The maximum absolute atomic E-state index is 13.0. The van der Waals surface area contributed by atoms with E-state index in [1.807, 2.05) is 11.0 Å². The van der Waals surface area contributed by atoms with Crippen LogP contribution in [-0.2, 0) is 22.4 Å². The Morgan fingerprint density at radius 2 is 1.73 bits per heavy atom. The van der Waals surface area contributed by atoms with Crippen LogP contribution >= 0.6 is 0 Å². The van der Waals surface area contributed by atoms with Crippen LogP contribution in [-0.4, -0.2) is 65.3 Å². The Balaban J connectivity index is 1.43. The second-order valence-corrected chi connectivity index (χ2v) is 7.77. The summed E-state index contributed by atoms with van der Waals surface area (Å²) in [6, 6.07) is 8.10. The molecule has 3 aliphatic rings. The second kappa shape index (κ2) is 6.11. The normalized spacial score (nSPS) is 25.0. The van der Waals surface area contributed by atoms with Crippen molar-refractivity contribution in [1.29, 1.82) is 0 Å². The summed E-state index contributed by atoms with van der Waals surface area (Å²) < 4.78 is 0. The molecule has 0 aromatic heterocycles. The highest BCUT2D eigenvalue weighted by Gasteiger charge is 2.55. The topological polar surface area (TPSA) is 60.9 Å². The molecular weight excluding hydrogens is 330 g/mol. The largest absolute Gasteiger partial charge is 0.342 e. The quantitative estimate of drug-likeness (QED) is 0.720. The van der Waals surface area contributed by atoms with Gasteiger partial charge in [0.05, 0.1) is 0 Å². The predicted octanol–water partition coefficient (Wildman–Crippen LogP) is 1.68. The van der Waals surface area contributed by atoms with Crippen molar-refractivity contribution in [2.75, 3.05) is 27.2 Å². The first-order valence-corrected chi connectivity index (χ1v) is 9.35. The number of hydrogen-bond donors (Lipinski definition) is 0. The first-order chi connectivity index (χ1) is 12.4. The van der Waals surface area contributed by atoms with Crippen molar-refractivity contribution < 1.29 is 14.4 Å². The van der Waals surface area contributed by atoms with Crippen LogP contribution in [0, 0.1) is 5.92 Å². The lowest BCUT2D eigenvalue weighted by Gasteiger charge is -2.42. The van der Waals surface area contributed by atoms with E-state index in [1.54, 1.807) is 11.9 Å². The fourth-order valence-electron chi connectivity index (χ4n) is 4.76. The number of urea groups is 1. The average molecular weight is 355 g/mol. The molecule has 0 radical (unpaired) electrons. The Bertz CT molecular complexity index is 767. The van der Waals surface area contributed by atoms with Gasteiger partial charge < -0.3 is 9.80 Å². The van der Waals surface area contributed by atoms with Crippen molar-refractivity contribution in [2.45, 2.75) is 37.6 Å². The van der Waals surface area contributed by atoms with Crippen molar-refractivity contribution in [2.24, 2.45) is 5.92 Å². The molecule has 2 aliphatic heterocycles. The highest BCUT2D eigenvalue weighted by molar-refractivity contribution is 6.06. The van der Waals surface area contributed by atoms with Gasteiger partial charge in [0.2, 0.25) is 5.91 Å². The maximum Gasteiger partial charge on any atom is 0.327 e. The van der Waals surface area contributed by atoms with E-state index in [1.165, 1.54) is 23.1 Å². The molecule has 1 atom stereocenters. The van der Waals surface area contributed by atoms with Gasteiger partial charge in [-0.2, -0.15) is 0 Å². The SMILES string of the molecule is CN1C(=O)N(C)C2(CCN(C(=O)C3CCc4ccccc4C3)CC2)C1=O. The molecule has 6 heteroatoms. The molecule has 4 rings (SSSR count). The number of likely N-dealkylation sites (tertiary alicyclic amines) is 1. The van der Waals surface area contributed by atoms with Gasteiger partial charge in [0, 0.05) is 33.1 Å². The number of rotatable bonds is 1. The summed E-state index contributed by atoms with van der Waals surface area (Å²) >= 11 is 0. The van der Waals surface area contributed by atoms with Gasteiger partial charge in [-0.3, -0.25) is 14.5 Å². The molecule has 1 aromatic rings. The molecule has 0 bridgehead atoms. The van der Waals surface area contributed by atoms with Crippen LogP contribution in [0.25, 0.3) is 0 Å².